The molecule has 1 fully saturated rings. The number of benzene rings is 2. The van der Waals surface area contributed by atoms with Crippen molar-refractivity contribution < 1.29 is 9.53 Å². The predicted molar refractivity (Wildman–Crippen MR) is 103 cm³/mol. The van der Waals surface area contributed by atoms with E-state index in [1.54, 1.807) is 0 Å². The van der Waals surface area contributed by atoms with Crippen molar-refractivity contribution in [3.8, 4) is 5.75 Å². The molecule has 0 spiro atoms. The fraction of sp³-hybridized carbons (Fsp3) is 0.318. The van der Waals surface area contributed by atoms with Crippen LogP contribution in [0.2, 0.25) is 0 Å². The summed E-state index contributed by atoms with van der Waals surface area (Å²) in [6, 6.07) is 18.1. The summed E-state index contributed by atoms with van der Waals surface area (Å²) in [7, 11) is 0. The van der Waals surface area contributed by atoms with Crippen molar-refractivity contribution in [2.45, 2.75) is 19.3 Å². The molecule has 3 aromatic rings. The molecule has 1 N–H and O–H groups in total. The zero-order chi connectivity index (χ0) is 17.8. The number of nitrogens with zero attached hydrogens (tertiary/aromatic N) is 1. The highest BCUT2D eigenvalue weighted by Crippen LogP contribution is 2.22. The Balaban J connectivity index is 1.28. The van der Waals surface area contributed by atoms with E-state index >= 15 is 0 Å². The van der Waals surface area contributed by atoms with Gasteiger partial charge in [-0.05, 0) is 42.5 Å². The summed E-state index contributed by atoms with van der Waals surface area (Å²) in [4.78, 5) is 17.9. The minimum atomic E-state index is 0.220. The lowest BCUT2D eigenvalue weighted by atomic mass is 9.97. The number of aromatic nitrogens is 1. The SMILES string of the molecule is O=C(Cc1c[nH]c2ccccc12)N1CCC(COc2ccccc2)CC1. The molecule has 4 rings (SSSR count). The van der Waals surface area contributed by atoms with Gasteiger partial charge >= 0.3 is 0 Å². The standard InChI is InChI=1S/C22H24N2O2/c25-22(14-18-15-23-21-9-5-4-8-20(18)21)24-12-10-17(11-13-24)16-26-19-6-2-1-3-7-19/h1-9,15,17,23H,10-14,16H2. The van der Waals surface area contributed by atoms with Gasteiger partial charge < -0.3 is 14.6 Å². The molecule has 0 saturated carbocycles. The monoisotopic (exact) mass is 348 g/mol. The molecule has 1 saturated heterocycles. The Hall–Kier alpha value is -2.75. The molecule has 0 atom stereocenters. The van der Waals surface area contributed by atoms with Crippen molar-refractivity contribution in [2.24, 2.45) is 5.92 Å². The first-order valence-electron chi connectivity index (χ1n) is 9.30. The number of hydrogen-bond donors (Lipinski definition) is 1. The first kappa shape index (κ1) is 16.7. The fourth-order valence-corrected chi connectivity index (χ4v) is 3.63. The van der Waals surface area contributed by atoms with E-state index in [0.29, 0.717) is 12.3 Å². The third-order valence-electron chi connectivity index (χ3n) is 5.21. The van der Waals surface area contributed by atoms with Gasteiger partial charge in [0.1, 0.15) is 5.75 Å². The Morgan fingerprint density at radius 3 is 2.58 bits per heavy atom. The van der Waals surface area contributed by atoms with E-state index in [2.05, 4.69) is 11.1 Å². The van der Waals surface area contributed by atoms with E-state index in [1.165, 1.54) is 0 Å². The van der Waals surface area contributed by atoms with Crippen LogP contribution in [0, 0.1) is 5.92 Å². The number of piperidine rings is 1. The Kier molecular flexibility index (Phi) is 4.91. The number of carbonyl (C=O) groups is 1. The molecule has 1 aromatic heterocycles. The van der Waals surface area contributed by atoms with E-state index in [0.717, 1.165) is 54.8 Å². The number of aromatic amines is 1. The maximum atomic E-state index is 12.7. The first-order valence-corrected chi connectivity index (χ1v) is 9.30. The second kappa shape index (κ2) is 7.65. The molecule has 0 unspecified atom stereocenters. The average Bonchev–Trinajstić information content (AvgIpc) is 3.10. The van der Waals surface area contributed by atoms with Crippen LogP contribution in [0.4, 0.5) is 0 Å². The Labute approximate surface area is 153 Å². The van der Waals surface area contributed by atoms with Crippen LogP contribution in [0.1, 0.15) is 18.4 Å². The smallest absolute Gasteiger partial charge is 0.227 e. The Morgan fingerprint density at radius 1 is 1.04 bits per heavy atom. The van der Waals surface area contributed by atoms with Crippen molar-refractivity contribution >= 4 is 16.8 Å². The molecule has 1 aliphatic heterocycles. The molecule has 1 aliphatic rings. The highest BCUT2D eigenvalue weighted by molar-refractivity contribution is 5.88. The molecular formula is C22H24N2O2. The molecule has 4 nitrogen and oxygen atoms in total. The molecule has 134 valence electrons. The van der Waals surface area contributed by atoms with Gasteiger partial charge in [-0.2, -0.15) is 0 Å². The van der Waals surface area contributed by atoms with Crippen molar-refractivity contribution in [2.75, 3.05) is 19.7 Å². The van der Waals surface area contributed by atoms with E-state index in [4.69, 9.17) is 4.74 Å². The average molecular weight is 348 g/mol. The maximum Gasteiger partial charge on any atom is 0.227 e. The minimum Gasteiger partial charge on any atom is -0.493 e. The summed E-state index contributed by atoms with van der Waals surface area (Å²) in [5.74, 6) is 1.66. The van der Waals surface area contributed by atoms with E-state index < -0.39 is 0 Å². The molecule has 0 aliphatic carbocycles. The van der Waals surface area contributed by atoms with Gasteiger partial charge in [-0.25, -0.2) is 0 Å². The molecular weight excluding hydrogens is 324 g/mol. The number of likely N-dealkylation sites (tertiary alicyclic amines) is 1. The molecule has 2 heterocycles. The number of amides is 1. The summed E-state index contributed by atoms with van der Waals surface area (Å²) >= 11 is 0. The van der Waals surface area contributed by atoms with Crippen LogP contribution >= 0.6 is 0 Å². The fourth-order valence-electron chi connectivity index (χ4n) is 3.63. The number of hydrogen-bond acceptors (Lipinski definition) is 2. The number of ether oxygens (including phenoxy) is 1. The van der Waals surface area contributed by atoms with Gasteiger partial charge in [-0.15, -0.1) is 0 Å². The van der Waals surface area contributed by atoms with Crippen molar-refractivity contribution in [3.63, 3.8) is 0 Å². The van der Waals surface area contributed by atoms with Gasteiger partial charge in [0.2, 0.25) is 5.91 Å². The van der Waals surface area contributed by atoms with Crippen LogP contribution in [0.5, 0.6) is 5.75 Å². The summed E-state index contributed by atoms with van der Waals surface area (Å²) < 4.78 is 5.87. The number of carbonyl (C=O) groups excluding carboxylic acids is 1. The predicted octanol–water partition coefficient (Wildman–Crippen LogP) is 4.03. The second-order valence-electron chi connectivity index (χ2n) is 6.98. The maximum absolute atomic E-state index is 12.7. The van der Waals surface area contributed by atoms with Crippen LogP contribution in [0.25, 0.3) is 10.9 Å². The van der Waals surface area contributed by atoms with Gasteiger partial charge in [0, 0.05) is 30.2 Å². The summed E-state index contributed by atoms with van der Waals surface area (Å²) in [6.07, 6.45) is 4.44. The van der Waals surface area contributed by atoms with E-state index in [9.17, 15) is 4.79 Å². The number of fused-ring (bicyclic) bond motifs is 1. The molecule has 4 heteroatoms. The van der Waals surface area contributed by atoms with Gasteiger partial charge in [0.05, 0.1) is 13.0 Å². The quantitative estimate of drug-likeness (QED) is 0.757. The van der Waals surface area contributed by atoms with Crippen LogP contribution in [0.15, 0.2) is 60.8 Å². The van der Waals surface area contributed by atoms with Crippen molar-refractivity contribution in [3.05, 3.63) is 66.4 Å². The zero-order valence-electron chi connectivity index (χ0n) is 14.9. The third kappa shape index (κ3) is 3.74. The molecule has 2 aromatic carbocycles. The van der Waals surface area contributed by atoms with Crippen molar-refractivity contribution in [1.82, 2.24) is 9.88 Å². The number of para-hydroxylation sites is 2. The third-order valence-corrected chi connectivity index (χ3v) is 5.21. The Bertz CT molecular complexity index is 864. The van der Waals surface area contributed by atoms with Crippen LogP contribution in [-0.4, -0.2) is 35.5 Å². The Morgan fingerprint density at radius 2 is 1.77 bits per heavy atom. The lowest BCUT2D eigenvalue weighted by molar-refractivity contribution is -0.132. The van der Waals surface area contributed by atoms with E-state index in [-0.39, 0.29) is 5.91 Å². The van der Waals surface area contributed by atoms with Gasteiger partial charge in [0.25, 0.3) is 0 Å². The second-order valence-corrected chi connectivity index (χ2v) is 6.98. The lowest BCUT2D eigenvalue weighted by Gasteiger charge is -2.32. The summed E-state index contributed by atoms with van der Waals surface area (Å²) in [5.41, 5.74) is 2.17. The topological polar surface area (TPSA) is 45.3 Å². The van der Waals surface area contributed by atoms with Crippen molar-refractivity contribution in [1.29, 1.82) is 0 Å². The number of rotatable bonds is 5. The molecule has 26 heavy (non-hydrogen) atoms. The lowest BCUT2D eigenvalue weighted by Crippen LogP contribution is -2.40. The molecule has 0 bridgehead atoms. The largest absolute Gasteiger partial charge is 0.493 e. The summed E-state index contributed by atoms with van der Waals surface area (Å²) in [6.45, 7) is 2.38. The van der Waals surface area contributed by atoms with Crippen LogP contribution in [0.3, 0.4) is 0 Å². The van der Waals surface area contributed by atoms with E-state index in [1.807, 2.05) is 59.6 Å². The van der Waals surface area contributed by atoms with Crippen LogP contribution < -0.4 is 4.74 Å². The first-order chi connectivity index (χ1) is 12.8. The minimum absolute atomic E-state index is 0.220. The zero-order valence-corrected chi connectivity index (χ0v) is 14.9. The van der Waals surface area contributed by atoms with Gasteiger partial charge in [-0.3, -0.25) is 4.79 Å². The number of H-pyrrole nitrogens is 1. The van der Waals surface area contributed by atoms with Crippen LogP contribution in [-0.2, 0) is 11.2 Å². The summed E-state index contributed by atoms with van der Waals surface area (Å²) in [5, 5.41) is 1.15. The van der Waals surface area contributed by atoms with Gasteiger partial charge in [-0.1, -0.05) is 36.4 Å². The highest BCUT2D eigenvalue weighted by atomic mass is 16.5. The molecule has 1 amide bonds. The number of nitrogens with one attached hydrogen (secondary N) is 1. The normalized spacial score (nSPS) is 15.3. The highest BCUT2D eigenvalue weighted by Gasteiger charge is 2.23. The molecule has 0 radical (unpaired) electrons. The van der Waals surface area contributed by atoms with Gasteiger partial charge in [0.15, 0.2) is 0 Å².